The molecule has 2 rings (SSSR count). The van der Waals surface area contributed by atoms with Gasteiger partial charge in [0.2, 0.25) is 5.67 Å². The third-order valence-electron chi connectivity index (χ3n) is 3.37. The maximum absolute atomic E-state index is 14.5. The lowest BCUT2D eigenvalue weighted by atomic mass is 9.84. The molecule has 0 aliphatic heterocycles. The first-order valence-corrected chi connectivity index (χ1v) is 5.63. The fourth-order valence-corrected chi connectivity index (χ4v) is 2.49. The molecule has 0 N–H and O–H groups in total. The number of hydrogen-bond donors (Lipinski definition) is 0. The van der Waals surface area contributed by atoms with E-state index in [0.29, 0.717) is 12.8 Å². The molecule has 1 aliphatic rings. The van der Waals surface area contributed by atoms with Gasteiger partial charge in [0.25, 0.3) is 0 Å². The average molecular weight is 247 g/mol. The van der Waals surface area contributed by atoms with Crippen molar-refractivity contribution in [3.05, 3.63) is 30.1 Å². The molecule has 94 valence electrons. The van der Waals surface area contributed by atoms with Gasteiger partial charge in [-0.2, -0.15) is 13.2 Å². The number of alkyl halides is 4. The van der Waals surface area contributed by atoms with Crippen LogP contribution in [0, 0.1) is 5.92 Å². The molecule has 1 unspecified atom stereocenters. The molecule has 17 heavy (non-hydrogen) atoms. The Morgan fingerprint density at radius 3 is 2.18 bits per heavy atom. The van der Waals surface area contributed by atoms with Gasteiger partial charge in [-0.25, -0.2) is 4.39 Å². The zero-order chi connectivity index (χ0) is 12.5. The van der Waals surface area contributed by atoms with Crippen LogP contribution in [-0.2, 0) is 5.67 Å². The van der Waals surface area contributed by atoms with Crippen molar-refractivity contribution in [1.29, 1.82) is 0 Å². The Balaban J connectivity index is 2.44. The van der Waals surface area contributed by atoms with Gasteiger partial charge in [0.05, 0.1) is 5.69 Å². The number of hydrogen-bond acceptors (Lipinski definition) is 1. The molecule has 0 aromatic carbocycles. The number of halogens is 4. The number of aromatic nitrogens is 1. The highest BCUT2D eigenvalue weighted by atomic mass is 19.4. The third-order valence-corrected chi connectivity index (χ3v) is 3.37. The van der Waals surface area contributed by atoms with E-state index in [0.717, 1.165) is 6.07 Å². The van der Waals surface area contributed by atoms with Gasteiger partial charge in [-0.1, -0.05) is 18.9 Å². The smallest absolute Gasteiger partial charge is 0.258 e. The first-order chi connectivity index (χ1) is 7.96. The largest absolute Gasteiger partial charge is 0.428 e. The Kier molecular flexibility index (Phi) is 3.10. The van der Waals surface area contributed by atoms with E-state index in [1.807, 2.05) is 0 Å². The summed E-state index contributed by atoms with van der Waals surface area (Å²) < 4.78 is 53.6. The number of rotatable bonds is 2. The van der Waals surface area contributed by atoms with Crippen molar-refractivity contribution in [3.8, 4) is 0 Å². The molecule has 1 aromatic heterocycles. The van der Waals surface area contributed by atoms with Gasteiger partial charge >= 0.3 is 6.18 Å². The van der Waals surface area contributed by atoms with Crippen molar-refractivity contribution in [2.45, 2.75) is 37.5 Å². The number of nitrogens with zero attached hydrogens (tertiary/aromatic N) is 1. The molecule has 0 bridgehead atoms. The van der Waals surface area contributed by atoms with Gasteiger partial charge in [-0.15, -0.1) is 0 Å². The number of pyridine rings is 1. The van der Waals surface area contributed by atoms with Crippen molar-refractivity contribution in [2.75, 3.05) is 0 Å². The molecular formula is C12H13F4N. The zero-order valence-corrected chi connectivity index (χ0v) is 9.17. The highest BCUT2D eigenvalue weighted by Crippen LogP contribution is 2.52. The minimum atomic E-state index is -4.91. The minimum absolute atomic E-state index is 0.270. The summed E-state index contributed by atoms with van der Waals surface area (Å²) in [6.07, 6.45) is -1.86. The molecule has 1 saturated carbocycles. The molecule has 0 amide bonds. The second-order valence-electron chi connectivity index (χ2n) is 4.41. The van der Waals surface area contributed by atoms with Crippen LogP contribution in [0.15, 0.2) is 24.4 Å². The topological polar surface area (TPSA) is 12.9 Å². The van der Waals surface area contributed by atoms with Gasteiger partial charge in [0.15, 0.2) is 0 Å². The van der Waals surface area contributed by atoms with Gasteiger partial charge < -0.3 is 0 Å². The summed E-state index contributed by atoms with van der Waals surface area (Å²) in [5, 5.41) is 0. The van der Waals surface area contributed by atoms with Crippen LogP contribution in [0.4, 0.5) is 17.6 Å². The zero-order valence-electron chi connectivity index (χ0n) is 9.17. The summed E-state index contributed by atoms with van der Waals surface area (Å²) in [5.74, 6) is -1.00. The molecule has 1 aromatic rings. The van der Waals surface area contributed by atoms with E-state index in [4.69, 9.17) is 0 Å². The van der Waals surface area contributed by atoms with Gasteiger partial charge in [-0.3, -0.25) is 4.98 Å². The standard InChI is InChI=1S/C12H13F4N/c13-11(12(14,15)16,9-5-1-2-6-9)10-7-3-4-8-17-10/h3-4,7-9H,1-2,5-6H2. The summed E-state index contributed by atoms with van der Waals surface area (Å²) in [5.41, 5.74) is -3.82. The second-order valence-corrected chi connectivity index (χ2v) is 4.41. The average Bonchev–Trinajstić information content (AvgIpc) is 2.81. The van der Waals surface area contributed by atoms with Crippen molar-refractivity contribution < 1.29 is 17.6 Å². The maximum Gasteiger partial charge on any atom is 0.428 e. The van der Waals surface area contributed by atoms with Crippen molar-refractivity contribution >= 4 is 0 Å². The lowest BCUT2D eigenvalue weighted by Crippen LogP contribution is -2.44. The molecule has 1 atom stereocenters. The van der Waals surface area contributed by atoms with Crippen LogP contribution < -0.4 is 0 Å². The fraction of sp³-hybridized carbons (Fsp3) is 0.583. The molecular weight excluding hydrogens is 234 g/mol. The molecule has 1 fully saturated rings. The SMILES string of the molecule is FC(F)(F)C(F)(c1ccccn1)C1CCCC1. The molecule has 0 radical (unpaired) electrons. The highest BCUT2D eigenvalue weighted by molar-refractivity contribution is 5.18. The second kappa shape index (κ2) is 4.27. The van der Waals surface area contributed by atoms with E-state index in [1.54, 1.807) is 0 Å². The monoisotopic (exact) mass is 247 g/mol. The van der Waals surface area contributed by atoms with E-state index < -0.39 is 23.5 Å². The van der Waals surface area contributed by atoms with Crippen LogP contribution in [0.1, 0.15) is 31.4 Å². The Morgan fingerprint density at radius 1 is 1.06 bits per heavy atom. The van der Waals surface area contributed by atoms with E-state index >= 15 is 0 Å². The summed E-state index contributed by atoms with van der Waals surface area (Å²) in [7, 11) is 0. The van der Waals surface area contributed by atoms with Crippen LogP contribution in [0.5, 0.6) is 0 Å². The van der Waals surface area contributed by atoms with Gasteiger partial charge in [0.1, 0.15) is 0 Å². The van der Waals surface area contributed by atoms with Gasteiger partial charge in [0, 0.05) is 12.1 Å². The van der Waals surface area contributed by atoms with Crippen LogP contribution >= 0.6 is 0 Å². The van der Waals surface area contributed by atoms with E-state index in [9.17, 15) is 17.6 Å². The molecule has 1 heterocycles. The van der Waals surface area contributed by atoms with E-state index in [-0.39, 0.29) is 12.8 Å². The van der Waals surface area contributed by atoms with E-state index in [1.165, 1.54) is 18.3 Å². The predicted molar refractivity (Wildman–Crippen MR) is 55.0 cm³/mol. The van der Waals surface area contributed by atoms with Crippen molar-refractivity contribution in [3.63, 3.8) is 0 Å². The third kappa shape index (κ3) is 2.03. The van der Waals surface area contributed by atoms with Gasteiger partial charge in [-0.05, 0) is 25.0 Å². The van der Waals surface area contributed by atoms with E-state index in [2.05, 4.69) is 4.98 Å². The Bertz CT molecular complexity index is 370. The Labute approximate surface area is 96.9 Å². The molecule has 0 spiro atoms. The minimum Gasteiger partial charge on any atom is -0.258 e. The Morgan fingerprint density at radius 2 is 1.71 bits per heavy atom. The van der Waals surface area contributed by atoms with Crippen LogP contribution in [0.25, 0.3) is 0 Å². The van der Waals surface area contributed by atoms with Crippen LogP contribution in [0.2, 0.25) is 0 Å². The summed E-state index contributed by atoms with van der Waals surface area (Å²) in [6.45, 7) is 0. The first kappa shape index (κ1) is 12.3. The normalized spacial score (nSPS) is 21.4. The molecule has 1 aliphatic carbocycles. The predicted octanol–water partition coefficient (Wildman–Crippen LogP) is 4.00. The van der Waals surface area contributed by atoms with Crippen molar-refractivity contribution in [2.24, 2.45) is 5.92 Å². The first-order valence-electron chi connectivity index (χ1n) is 5.63. The summed E-state index contributed by atoms with van der Waals surface area (Å²) in [6, 6.07) is 3.98. The summed E-state index contributed by atoms with van der Waals surface area (Å²) in [4.78, 5) is 3.57. The molecule has 0 saturated heterocycles. The quantitative estimate of drug-likeness (QED) is 0.720. The lowest BCUT2D eigenvalue weighted by Gasteiger charge is -2.32. The lowest BCUT2D eigenvalue weighted by molar-refractivity contribution is -0.256. The summed E-state index contributed by atoms with van der Waals surface area (Å²) >= 11 is 0. The molecule has 1 nitrogen and oxygen atoms in total. The van der Waals surface area contributed by atoms with Crippen LogP contribution in [-0.4, -0.2) is 11.2 Å². The Hall–Kier alpha value is -1.13. The maximum atomic E-state index is 14.5. The highest BCUT2D eigenvalue weighted by Gasteiger charge is 2.62. The fourth-order valence-electron chi connectivity index (χ4n) is 2.49. The van der Waals surface area contributed by atoms with Crippen molar-refractivity contribution in [1.82, 2.24) is 4.98 Å². The molecule has 5 heteroatoms. The van der Waals surface area contributed by atoms with Crippen LogP contribution in [0.3, 0.4) is 0 Å².